The fraction of sp³-hybridized carbons (Fsp3) is 0.704. The third-order valence-electron chi connectivity index (χ3n) is 7.19. The molecule has 4 N–H and O–H groups in total. The average Bonchev–Trinajstić information content (AvgIpc) is 3.59. The summed E-state index contributed by atoms with van der Waals surface area (Å²) in [7, 11) is 0. The van der Waals surface area contributed by atoms with Crippen LogP contribution in [0.1, 0.15) is 53.9 Å². The number of aliphatic hydroxyl groups is 1. The van der Waals surface area contributed by atoms with Crippen LogP contribution in [-0.4, -0.2) is 78.4 Å². The molecule has 9 atom stereocenters. The Bertz CT molecular complexity index is 866. The molecule has 0 aromatic heterocycles. The van der Waals surface area contributed by atoms with Gasteiger partial charge in [-0.3, -0.25) is 9.59 Å². The molecular formula is C27H42N2O7. The minimum atomic E-state index is -0.696. The zero-order chi connectivity index (χ0) is 26.5. The number of aliphatic hydroxyl groups excluding tert-OH is 1. The third-order valence-corrected chi connectivity index (χ3v) is 7.19. The van der Waals surface area contributed by atoms with Crippen molar-refractivity contribution >= 4 is 11.9 Å². The highest BCUT2D eigenvalue weighted by Crippen LogP contribution is 2.42. The van der Waals surface area contributed by atoms with Gasteiger partial charge in [0.15, 0.2) is 0 Å². The van der Waals surface area contributed by atoms with Crippen molar-refractivity contribution in [1.29, 1.82) is 0 Å². The van der Waals surface area contributed by atoms with Crippen LogP contribution in [0.3, 0.4) is 0 Å². The lowest BCUT2D eigenvalue weighted by atomic mass is 9.87. The lowest BCUT2D eigenvalue weighted by Crippen LogP contribution is -2.51. The molecule has 3 aliphatic heterocycles. The summed E-state index contributed by atoms with van der Waals surface area (Å²) >= 11 is 0. The Morgan fingerprint density at radius 3 is 2.61 bits per heavy atom. The van der Waals surface area contributed by atoms with E-state index in [0.717, 1.165) is 18.4 Å². The number of rotatable bonds is 9. The summed E-state index contributed by atoms with van der Waals surface area (Å²) in [5, 5.41) is 13.6. The van der Waals surface area contributed by atoms with Crippen molar-refractivity contribution in [3.63, 3.8) is 0 Å². The molecule has 1 unspecified atom stereocenters. The second-order valence-corrected chi connectivity index (χ2v) is 10.4. The van der Waals surface area contributed by atoms with E-state index in [9.17, 15) is 14.7 Å². The number of ether oxygens (including phenoxy) is 4. The molecule has 0 saturated carbocycles. The van der Waals surface area contributed by atoms with E-state index in [1.54, 1.807) is 13.0 Å². The van der Waals surface area contributed by atoms with Crippen molar-refractivity contribution in [2.24, 2.45) is 11.7 Å². The topological polar surface area (TPSA) is 133 Å². The first-order valence-electron chi connectivity index (χ1n) is 12.9. The van der Waals surface area contributed by atoms with E-state index < -0.39 is 23.9 Å². The Hall–Kier alpha value is -2.04. The predicted octanol–water partition coefficient (Wildman–Crippen LogP) is 1.93. The summed E-state index contributed by atoms with van der Waals surface area (Å²) < 4.78 is 22.7. The fourth-order valence-electron chi connectivity index (χ4n) is 4.91. The normalized spacial score (nSPS) is 37.9. The molecule has 36 heavy (non-hydrogen) atoms. The number of carbonyl (C=O) groups is 2. The molecule has 0 bridgehead atoms. The standard InChI is InChI=1S/C27H42N2O7/c1-16(7-10-24-26(32)27(15-33-27)13-21(14-28)36-24)6-9-23-17(2)12-22(19(4)35-23)29-25(31)11-8-18(3)34-20(5)30/h6-8,10-11,17-19,21-24,26,32H,9,12-15,28H2,1-5H3,(H,29,31)/t17-,18?,19+,21-,22+,23-,24+,26+,27+/m0/s1. The van der Waals surface area contributed by atoms with Crippen LogP contribution >= 0.6 is 0 Å². The van der Waals surface area contributed by atoms with Gasteiger partial charge in [0.1, 0.15) is 23.9 Å². The second-order valence-electron chi connectivity index (χ2n) is 10.4. The minimum absolute atomic E-state index is 0.0392. The molecule has 9 nitrogen and oxygen atoms in total. The second kappa shape index (κ2) is 12.5. The summed E-state index contributed by atoms with van der Waals surface area (Å²) in [5.41, 5.74) is 6.35. The van der Waals surface area contributed by atoms with E-state index >= 15 is 0 Å². The van der Waals surface area contributed by atoms with Gasteiger partial charge in [-0.15, -0.1) is 0 Å². The van der Waals surface area contributed by atoms with Crippen molar-refractivity contribution in [3.05, 3.63) is 36.0 Å². The van der Waals surface area contributed by atoms with Crippen molar-refractivity contribution < 1.29 is 33.6 Å². The van der Waals surface area contributed by atoms with Crippen molar-refractivity contribution in [2.75, 3.05) is 13.2 Å². The zero-order valence-corrected chi connectivity index (χ0v) is 22.0. The molecule has 3 rings (SSSR count). The van der Waals surface area contributed by atoms with E-state index in [-0.39, 0.29) is 42.1 Å². The molecule has 0 aromatic carbocycles. The van der Waals surface area contributed by atoms with Crippen LogP contribution in [0, 0.1) is 5.92 Å². The molecule has 0 aromatic rings. The first-order valence-corrected chi connectivity index (χ1v) is 12.9. The van der Waals surface area contributed by atoms with Gasteiger partial charge in [0, 0.05) is 26.0 Å². The number of hydrogen-bond donors (Lipinski definition) is 3. The summed E-state index contributed by atoms with van der Waals surface area (Å²) in [6, 6.07) is -0.0974. The van der Waals surface area contributed by atoms with Gasteiger partial charge in [0.2, 0.25) is 5.91 Å². The Morgan fingerprint density at radius 1 is 1.25 bits per heavy atom. The molecule has 1 spiro atoms. The maximum absolute atomic E-state index is 12.3. The van der Waals surface area contributed by atoms with E-state index in [4.69, 9.17) is 24.7 Å². The van der Waals surface area contributed by atoms with Gasteiger partial charge in [-0.1, -0.05) is 30.7 Å². The van der Waals surface area contributed by atoms with Crippen LogP contribution in [0.2, 0.25) is 0 Å². The number of nitrogens with one attached hydrogen (secondary N) is 1. The smallest absolute Gasteiger partial charge is 0.303 e. The molecule has 9 heteroatoms. The maximum atomic E-state index is 12.3. The molecule has 3 fully saturated rings. The van der Waals surface area contributed by atoms with Gasteiger partial charge < -0.3 is 35.1 Å². The lowest BCUT2D eigenvalue weighted by Gasteiger charge is -2.39. The van der Waals surface area contributed by atoms with E-state index in [1.165, 1.54) is 13.0 Å². The Labute approximate surface area is 214 Å². The Kier molecular flexibility index (Phi) is 9.88. The van der Waals surface area contributed by atoms with Gasteiger partial charge in [0.25, 0.3) is 0 Å². The van der Waals surface area contributed by atoms with Gasteiger partial charge in [-0.05, 0) is 45.6 Å². The molecule has 0 radical (unpaired) electrons. The van der Waals surface area contributed by atoms with Gasteiger partial charge in [-0.2, -0.15) is 0 Å². The van der Waals surface area contributed by atoms with E-state index in [2.05, 4.69) is 18.3 Å². The molecule has 0 aliphatic carbocycles. The summed E-state index contributed by atoms with van der Waals surface area (Å²) in [4.78, 5) is 23.3. The molecule has 1 amide bonds. The van der Waals surface area contributed by atoms with Crippen LogP contribution in [0.5, 0.6) is 0 Å². The maximum Gasteiger partial charge on any atom is 0.303 e. The average molecular weight is 507 g/mol. The van der Waals surface area contributed by atoms with Gasteiger partial charge in [-0.25, -0.2) is 0 Å². The highest BCUT2D eigenvalue weighted by Gasteiger charge is 2.58. The first-order chi connectivity index (χ1) is 17.0. The van der Waals surface area contributed by atoms with Gasteiger partial charge >= 0.3 is 5.97 Å². The van der Waals surface area contributed by atoms with E-state index in [0.29, 0.717) is 19.6 Å². The SMILES string of the molecule is CC(=O)OC(C)C=CC(=O)N[C@@H]1C[C@H](C)[C@H](CC=C(C)C=C[C@H]2O[C@H](CN)C[C@@]3(CO3)[C@@H]2O)O[C@@H]1C. The van der Waals surface area contributed by atoms with Crippen LogP contribution in [-0.2, 0) is 28.5 Å². The quantitative estimate of drug-likeness (QED) is 0.187. The highest BCUT2D eigenvalue weighted by atomic mass is 16.6. The monoisotopic (exact) mass is 506 g/mol. The summed E-state index contributed by atoms with van der Waals surface area (Å²) in [6.45, 7) is 10.1. The summed E-state index contributed by atoms with van der Waals surface area (Å²) in [5.74, 6) is -0.365. The number of epoxide rings is 1. The van der Waals surface area contributed by atoms with Crippen molar-refractivity contribution in [2.45, 2.75) is 102 Å². The minimum Gasteiger partial charge on any atom is -0.459 e. The van der Waals surface area contributed by atoms with Crippen LogP contribution in [0.4, 0.5) is 0 Å². The largest absolute Gasteiger partial charge is 0.459 e. The highest BCUT2D eigenvalue weighted by molar-refractivity contribution is 5.87. The molecular weight excluding hydrogens is 464 g/mol. The molecule has 3 aliphatic rings. The fourth-order valence-corrected chi connectivity index (χ4v) is 4.91. The molecule has 3 saturated heterocycles. The van der Waals surface area contributed by atoms with Crippen LogP contribution in [0.25, 0.3) is 0 Å². The number of allylic oxidation sites excluding steroid dienone is 2. The first kappa shape index (κ1) is 28.5. The number of hydrogen-bond acceptors (Lipinski definition) is 8. The number of nitrogens with two attached hydrogens (primary N) is 1. The molecule has 3 heterocycles. The van der Waals surface area contributed by atoms with Crippen LogP contribution in [0.15, 0.2) is 36.0 Å². The summed E-state index contributed by atoms with van der Waals surface area (Å²) in [6.07, 6.45) is 9.30. The number of amides is 1. The van der Waals surface area contributed by atoms with Crippen molar-refractivity contribution in [1.82, 2.24) is 5.32 Å². The third kappa shape index (κ3) is 7.73. The Balaban J connectivity index is 1.48. The van der Waals surface area contributed by atoms with Crippen molar-refractivity contribution in [3.8, 4) is 0 Å². The molecule has 202 valence electrons. The lowest BCUT2D eigenvalue weighted by molar-refractivity contribution is -0.143. The Morgan fingerprint density at radius 2 is 1.97 bits per heavy atom. The van der Waals surface area contributed by atoms with Crippen LogP contribution < -0.4 is 11.1 Å². The number of carbonyl (C=O) groups excluding carboxylic acids is 2. The zero-order valence-electron chi connectivity index (χ0n) is 22.0. The predicted molar refractivity (Wildman–Crippen MR) is 135 cm³/mol. The number of esters is 1. The van der Waals surface area contributed by atoms with Gasteiger partial charge in [0.05, 0.1) is 31.0 Å². The van der Waals surface area contributed by atoms with E-state index in [1.807, 2.05) is 26.0 Å².